The summed E-state index contributed by atoms with van der Waals surface area (Å²) in [6, 6.07) is 5.82. The van der Waals surface area contributed by atoms with E-state index >= 15 is 0 Å². The number of nitro benzene ring substituents is 1. The topological polar surface area (TPSA) is 133 Å². The Bertz CT molecular complexity index is 790. The summed E-state index contributed by atoms with van der Waals surface area (Å²) in [6.45, 7) is 1.67. The van der Waals surface area contributed by atoms with Crippen molar-refractivity contribution in [1.29, 1.82) is 0 Å². The second kappa shape index (κ2) is 6.48. The van der Waals surface area contributed by atoms with Gasteiger partial charge in [0.15, 0.2) is 0 Å². The third-order valence-corrected chi connectivity index (χ3v) is 2.91. The zero-order valence-electron chi connectivity index (χ0n) is 11.6. The molecule has 0 aliphatic heterocycles. The maximum atomic E-state index is 11.7. The highest BCUT2D eigenvalue weighted by Crippen LogP contribution is 2.11. The van der Waals surface area contributed by atoms with Gasteiger partial charge in [-0.2, -0.15) is 5.10 Å². The van der Waals surface area contributed by atoms with Crippen molar-refractivity contribution >= 4 is 17.8 Å². The van der Waals surface area contributed by atoms with Crippen LogP contribution in [0.15, 0.2) is 34.2 Å². The summed E-state index contributed by atoms with van der Waals surface area (Å²) < 4.78 is 0. The monoisotopic (exact) mass is 303 g/mol. The molecule has 0 saturated carbocycles. The number of nitrogens with one attached hydrogen (secondary N) is 3. The van der Waals surface area contributed by atoms with Crippen LogP contribution in [0.25, 0.3) is 0 Å². The first kappa shape index (κ1) is 15.2. The molecule has 0 bridgehead atoms. The van der Waals surface area contributed by atoms with E-state index in [-0.39, 0.29) is 17.7 Å². The number of aromatic amines is 2. The van der Waals surface area contributed by atoms with E-state index in [2.05, 4.69) is 20.7 Å². The molecule has 3 N–H and O–H groups in total. The van der Waals surface area contributed by atoms with E-state index in [1.165, 1.54) is 24.4 Å². The Hall–Kier alpha value is -3.23. The van der Waals surface area contributed by atoms with E-state index in [0.29, 0.717) is 16.8 Å². The van der Waals surface area contributed by atoms with Gasteiger partial charge in [0.25, 0.3) is 11.2 Å². The highest BCUT2D eigenvalue weighted by Gasteiger charge is 2.10. The van der Waals surface area contributed by atoms with E-state index in [9.17, 15) is 19.7 Å². The summed E-state index contributed by atoms with van der Waals surface area (Å²) in [5.74, 6) is -0.463. The van der Waals surface area contributed by atoms with Gasteiger partial charge in [-0.3, -0.25) is 24.8 Å². The number of rotatable bonds is 5. The minimum atomic E-state index is -0.517. The summed E-state index contributed by atoms with van der Waals surface area (Å²) in [6.07, 6.45) is 1.18. The Morgan fingerprint density at radius 1 is 1.45 bits per heavy atom. The molecule has 22 heavy (non-hydrogen) atoms. The molecule has 1 aromatic carbocycles. The number of hydrogen-bond donors (Lipinski definition) is 3. The first-order valence-corrected chi connectivity index (χ1v) is 6.30. The number of carbonyl (C=O) groups excluding carboxylic acids is 1. The van der Waals surface area contributed by atoms with Crippen molar-refractivity contribution in [3.05, 3.63) is 61.6 Å². The van der Waals surface area contributed by atoms with Crippen LogP contribution in [-0.2, 0) is 11.2 Å². The standard InChI is InChI=1S/C13H13N5O4/c1-8-11(13(20)17-15-8)6-12(19)16-14-7-9-3-2-4-10(5-9)18(21)22/h2-5,7H,6H2,1H3,(H,16,19)(H2,15,17,20)/b14-7+. The van der Waals surface area contributed by atoms with E-state index in [1.54, 1.807) is 13.0 Å². The van der Waals surface area contributed by atoms with Gasteiger partial charge in [0.1, 0.15) is 0 Å². The molecule has 2 rings (SSSR count). The van der Waals surface area contributed by atoms with Gasteiger partial charge in [-0.15, -0.1) is 0 Å². The minimum Gasteiger partial charge on any atom is -0.302 e. The lowest BCUT2D eigenvalue weighted by atomic mass is 10.2. The fourth-order valence-electron chi connectivity index (χ4n) is 1.78. The normalized spacial score (nSPS) is 10.8. The molecule has 0 atom stereocenters. The molecule has 0 unspecified atom stereocenters. The fourth-order valence-corrected chi connectivity index (χ4v) is 1.78. The molecule has 114 valence electrons. The second-order valence-corrected chi connectivity index (χ2v) is 4.50. The van der Waals surface area contributed by atoms with Crippen LogP contribution in [0.1, 0.15) is 16.8 Å². The fraction of sp³-hybridized carbons (Fsp3) is 0.154. The minimum absolute atomic E-state index is 0.0650. The zero-order valence-corrected chi connectivity index (χ0v) is 11.6. The van der Waals surface area contributed by atoms with Crippen molar-refractivity contribution < 1.29 is 9.72 Å². The van der Waals surface area contributed by atoms with Gasteiger partial charge in [0.2, 0.25) is 5.91 Å². The lowest BCUT2D eigenvalue weighted by Gasteiger charge is -1.98. The van der Waals surface area contributed by atoms with E-state index in [1.807, 2.05) is 0 Å². The largest absolute Gasteiger partial charge is 0.302 e. The van der Waals surface area contributed by atoms with Gasteiger partial charge in [0.05, 0.1) is 17.6 Å². The van der Waals surface area contributed by atoms with Crippen LogP contribution < -0.4 is 11.0 Å². The van der Waals surface area contributed by atoms with Gasteiger partial charge in [0, 0.05) is 29.0 Å². The number of nitro groups is 1. The van der Waals surface area contributed by atoms with Gasteiger partial charge in [-0.05, 0) is 6.92 Å². The molecule has 0 radical (unpaired) electrons. The Kier molecular flexibility index (Phi) is 4.47. The summed E-state index contributed by atoms with van der Waals surface area (Å²) >= 11 is 0. The number of aromatic nitrogens is 2. The van der Waals surface area contributed by atoms with Gasteiger partial charge in [-0.25, -0.2) is 5.43 Å². The quantitative estimate of drug-likeness (QED) is 0.424. The second-order valence-electron chi connectivity index (χ2n) is 4.50. The van der Waals surface area contributed by atoms with E-state index < -0.39 is 10.8 Å². The van der Waals surface area contributed by atoms with Crippen molar-refractivity contribution in [3.63, 3.8) is 0 Å². The predicted molar refractivity (Wildman–Crippen MR) is 78.7 cm³/mol. The number of non-ortho nitro benzene ring substituents is 1. The van der Waals surface area contributed by atoms with Crippen molar-refractivity contribution in [1.82, 2.24) is 15.6 Å². The molecule has 0 spiro atoms. The maximum Gasteiger partial charge on any atom is 0.270 e. The van der Waals surface area contributed by atoms with Crippen molar-refractivity contribution in [2.45, 2.75) is 13.3 Å². The van der Waals surface area contributed by atoms with Crippen LogP contribution in [-0.4, -0.2) is 27.2 Å². The Labute approximate surface area is 124 Å². The third kappa shape index (κ3) is 3.66. The summed E-state index contributed by atoms with van der Waals surface area (Å²) in [7, 11) is 0. The van der Waals surface area contributed by atoms with E-state index in [4.69, 9.17) is 0 Å². The summed E-state index contributed by atoms with van der Waals surface area (Å²) in [5.41, 5.74) is 3.25. The molecular weight excluding hydrogens is 290 g/mol. The number of aryl methyl sites for hydroxylation is 1. The molecule has 1 heterocycles. The van der Waals surface area contributed by atoms with Crippen LogP contribution >= 0.6 is 0 Å². The average Bonchev–Trinajstić information content (AvgIpc) is 2.79. The van der Waals surface area contributed by atoms with Crippen molar-refractivity contribution in [2.75, 3.05) is 0 Å². The van der Waals surface area contributed by atoms with Crippen LogP contribution in [0, 0.1) is 17.0 Å². The Morgan fingerprint density at radius 2 is 2.23 bits per heavy atom. The van der Waals surface area contributed by atoms with Crippen LogP contribution in [0.3, 0.4) is 0 Å². The number of hydrogen-bond acceptors (Lipinski definition) is 5. The number of hydrazone groups is 1. The van der Waals surface area contributed by atoms with Crippen molar-refractivity contribution in [3.8, 4) is 0 Å². The first-order valence-electron chi connectivity index (χ1n) is 6.30. The summed E-state index contributed by atoms with van der Waals surface area (Å²) in [5, 5.41) is 19.3. The highest BCUT2D eigenvalue weighted by atomic mass is 16.6. The van der Waals surface area contributed by atoms with Crippen LogP contribution in [0.2, 0.25) is 0 Å². The third-order valence-electron chi connectivity index (χ3n) is 2.91. The molecule has 0 fully saturated rings. The molecule has 0 saturated heterocycles. The molecule has 2 aromatic rings. The number of nitrogens with zero attached hydrogens (tertiary/aromatic N) is 2. The van der Waals surface area contributed by atoms with Crippen LogP contribution in [0.4, 0.5) is 5.69 Å². The molecular formula is C13H13N5O4. The maximum absolute atomic E-state index is 11.7. The molecule has 0 aliphatic rings. The number of H-pyrrole nitrogens is 2. The average molecular weight is 303 g/mol. The Balaban J connectivity index is 1.98. The predicted octanol–water partition coefficient (Wildman–Crippen LogP) is 0.612. The molecule has 9 heteroatoms. The van der Waals surface area contributed by atoms with Gasteiger partial charge in [-0.1, -0.05) is 12.1 Å². The smallest absolute Gasteiger partial charge is 0.270 e. The van der Waals surface area contributed by atoms with Crippen molar-refractivity contribution in [2.24, 2.45) is 5.10 Å². The molecule has 0 aliphatic carbocycles. The number of carbonyl (C=O) groups is 1. The SMILES string of the molecule is Cc1[nH][nH]c(=O)c1CC(=O)N/N=C/c1cccc([N+](=O)[O-])c1. The zero-order chi connectivity index (χ0) is 16.1. The Morgan fingerprint density at radius 3 is 2.86 bits per heavy atom. The molecule has 1 amide bonds. The molecule has 1 aromatic heterocycles. The summed E-state index contributed by atoms with van der Waals surface area (Å²) in [4.78, 5) is 33.2. The van der Waals surface area contributed by atoms with E-state index in [0.717, 1.165) is 0 Å². The number of amides is 1. The lowest BCUT2D eigenvalue weighted by molar-refractivity contribution is -0.384. The van der Waals surface area contributed by atoms with Crippen LogP contribution in [0.5, 0.6) is 0 Å². The molecule has 9 nitrogen and oxygen atoms in total. The van der Waals surface area contributed by atoms with Gasteiger partial charge < -0.3 is 5.10 Å². The highest BCUT2D eigenvalue weighted by molar-refractivity contribution is 5.83. The van der Waals surface area contributed by atoms with Gasteiger partial charge >= 0.3 is 0 Å². The number of benzene rings is 1. The lowest BCUT2D eigenvalue weighted by Crippen LogP contribution is -2.23. The first-order chi connectivity index (χ1) is 10.5.